The highest BCUT2D eigenvalue weighted by molar-refractivity contribution is 7.98. The molecular weight excluding hydrogens is 343 g/mol. The van der Waals surface area contributed by atoms with E-state index < -0.39 is 6.10 Å². The molecule has 0 spiro atoms. The van der Waals surface area contributed by atoms with Crippen molar-refractivity contribution in [3.8, 4) is 0 Å². The number of nitrogens with zero attached hydrogens (tertiary/aromatic N) is 2. The summed E-state index contributed by atoms with van der Waals surface area (Å²) < 4.78 is 0. The molecule has 1 N–H and O–H groups in total. The number of aliphatic hydroxyl groups excluding tert-OH is 1. The van der Waals surface area contributed by atoms with Gasteiger partial charge in [-0.05, 0) is 36.6 Å². The zero-order chi connectivity index (χ0) is 16.1. The summed E-state index contributed by atoms with van der Waals surface area (Å²) in [6.07, 6.45) is 1.59. The largest absolute Gasteiger partial charge is 0.383 e. The van der Waals surface area contributed by atoms with Crippen molar-refractivity contribution in [3.63, 3.8) is 0 Å². The molecule has 1 fully saturated rings. The summed E-state index contributed by atoms with van der Waals surface area (Å²) in [5, 5.41) is 11.0. The second kappa shape index (κ2) is 8.29. The maximum atomic E-state index is 12.2. The zero-order valence-electron chi connectivity index (χ0n) is 12.5. The summed E-state index contributed by atoms with van der Waals surface area (Å²) in [5.74, 6) is 0.624. The van der Waals surface area contributed by atoms with Crippen LogP contribution in [-0.4, -0.2) is 60.2 Å². The normalized spacial score (nSPS) is 16.7. The lowest BCUT2D eigenvalue weighted by Crippen LogP contribution is -2.51. The third kappa shape index (κ3) is 4.44. The van der Waals surface area contributed by atoms with E-state index >= 15 is 0 Å². The molecule has 1 amide bonds. The molecule has 1 aliphatic heterocycles. The molecule has 2 rings (SSSR count). The second-order valence-corrected chi connectivity index (χ2v) is 7.01. The van der Waals surface area contributed by atoms with Gasteiger partial charge >= 0.3 is 0 Å². The van der Waals surface area contributed by atoms with Crippen LogP contribution in [0.3, 0.4) is 0 Å². The Kier molecular flexibility index (Phi) is 6.68. The fraction of sp³-hybridized carbons (Fsp3) is 0.533. The number of aliphatic hydroxyl groups is 1. The Balaban J connectivity index is 1.89. The van der Waals surface area contributed by atoms with Crippen molar-refractivity contribution in [2.75, 3.05) is 43.1 Å². The number of benzene rings is 1. The van der Waals surface area contributed by atoms with Gasteiger partial charge in [-0.25, -0.2) is 0 Å². The number of hydrogen-bond acceptors (Lipinski definition) is 4. The summed E-state index contributed by atoms with van der Waals surface area (Å²) in [5.41, 5.74) is 1.00. The predicted molar refractivity (Wildman–Crippen MR) is 94.3 cm³/mol. The number of amides is 1. The number of thioether (sulfide) groups is 1. The highest BCUT2D eigenvalue weighted by Gasteiger charge is 2.26. The smallest absolute Gasteiger partial charge is 0.251 e. The van der Waals surface area contributed by atoms with E-state index in [1.165, 1.54) is 0 Å². The molecule has 1 aliphatic rings. The SMILES string of the molecule is CSCC[C@H](O)C(=O)N1CCN(c2ccc(Cl)c(Cl)c2)CC1. The number of carbonyl (C=O) groups is 1. The average Bonchev–Trinajstić information content (AvgIpc) is 2.54. The Morgan fingerprint density at radius 3 is 2.55 bits per heavy atom. The van der Waals surface area contributed by atoms with Gasteiger partial charge in [-0.15, -0.1) is 0 Å². The van der Waals surface area contributed by atoms with Crippen LogP contribution in [0.1, 0.15) is 6.42 Å². The molecule has 0 radical (unpaired) electrons. The quantitative estimate of drug-likeness (QED) is 0.874. The molecule has 4 nitrogen and oxygen atoms in total. The minimum atomic E-state index is -0.885. The Morgan fingerprint density at radius 2 is 1.95 bits per heavy atom. The van der Waals surface area contributed by atoms with Crippen molar-refractivity contribution in [2.24, 2.45) is 0 Å². The molecule has 0 bridgehead atoms. The van der Waals surface area contributed by atoms with Gasteiger partial charge in [0.2, 0.25) is 0 Å². The number of halogens is 2. The standard InChI is InChI=1S/C15H20Cl2N2O2S/c1-22-9-4-14(20)15(21)19-7-5-18(6-8-19)11-2-3-12(16)13(17)10-11/h2-3,10,14,20H,4-9H2,1H3/t14-/m0/s1. The van der Waals surface area contributed by atoms with E-state index in [1.807, 2.05) is 18.4 Å². The fourth-order valence-corrected chi connectivity index (χ4v) is 3.18. The Labute approximate surface area is 145 Å². The van der Waals surface area contributed by atoms with Crippen LogP contribution in [0.25, 0.3) is 0 Å². The molecule has 0 aromatic heterocycles. The molecule has 0 unspecified atom stereocenters. The van der Waals surface area contributed by atoms with Gasteiger partial charge in [0.05, 0.1) is 10.0 Å². The van der Waals surface area contributed by atoms with Gasteiger partial charge in [-0.3, -0.25) is 4.79 Å². The third-order valence-corrected chi connectivity index (χ3v) is 5.12. The molecule has 7 heteroatoms. The van der Waals surface area contributed by atoms with Crippen LogP contribution < -0.4 is 4.90 Å². The van der Waals surface area contributed by atoms with Gasteiger partial charge in [-0.2, -0.15) is 11.8 Å². The summed E-state index contributed by atoms with van der Waals surface area (Å²) >= 11 is 13.6. The maximum Gasteiger partial charge on any atom is 0.251 e. The highest BCUT2D eigenvalue weighted by Crippen LogP contribution is 2.27. The van der Waals surface area contributed by atoms with Crippen molar-refractivity contribution < 1.29 is 9.90 Å². The van der Waals surface area contributed by atoms with Gasteiger partial charge in [0.15, 0.2) is 0 Å². The lowest BCUT2D eigenvalue weighted by Gasteiger charge is -2.37. The van der Waals surface area contributed by atoms with E-state index in [1.54, 1.807) is 22.7 Å². The van der Waals surface area contributed by atoms with Crippen LogP contribution >= 0.6 is 35.0 Å². The molecule has 1 aromatic carbocycles. The molecule has 22 heavy (non-hydrogen) atoms. The first-order valence-corrected chi connectivity index (χ1v) is 9.33. The van der Waals surface area contributed by atoms with Gasteiger partial charge in [0, 0.05) is 31.9 Å². The van der Waals surface area contributed by atoms with E-state index in [4.69, 9.17) is 23.2 Å². The minimum Gasteiger partial charge on any atom is -0.383 e. The third-order valence-electron chi connectivity index (χ3n) is 3.74. The van der Waals surface area contributed by atoms with Crippen molar-refractivity contribution >= 4 is 46.6 Å². The average molecular weight is 363 g/mol. The number of piperazine rings is 1. The summed E-state index contributed by atoms with van der Waals surface area (Å²) in [6, 6.07) is 5.55. The lowest BCUT2D eigenvalue weighted by molar-refractivity contribution is -0.140. The molecule has 1 saturated heterocycles. The molecule has 0 aliphatic carbocycles. The Bertz CT molecular complexity index is 522. The molecule has 1 atom stereocenters. The van der Waals surface area contributed by atoms with E-state index in [2.05, 4.69) is 4.90 Å². The molecule has 1 heterocycles. The van der Waals surface area contributed by atoms with Gasteiger partial charge in [-0.1, -0.05) is 23.2 Å². The van der Waals surface area contributed by atoms with Crippen LogP contribution in [0.5, 0.6) is 0 Å². The van der Waals surface area contributed by atoms with Crippen molar-refractivity contribution in [3.05, 3.63) is 28.2 Å². The van der Waals surface area contributed by atoms with Crippen molar-refractivity contribution in [1.82, 2.24) is 4.90 Å². The minimum absolute atomic E-state index is 0.164. The Morgan fingerprint density at radius 1 is 1.27 bits per heavy atom. The first-order chi connectivity index (χ1) is 10.5. The molecule has 1 aromatic rings. The maximum absolute atomic E-state index is 12.2. The van der Waals surface area contributed by atoms with Crippen LogP contribution in [0, 0.1) is 0 Å². The molecule has 0 saturated carbocycles. The van der Waals surface area contributed by atoms with Crippen molar-refractivity contribution in [1.29, 1.82) is 0 Å². The number of hydrogen-bond donors (Lipinski definition) is 1. The van der Waals surface area contributed by atoms with Gasteiger partial charge in [0.25, 0.3) is 5.91 Å². The topological polar surface area (TPSA) is 43.8 Å². The van der Waals surface area contributed by atoms with Crippen LogP contribution in [0.15, 0.2) is 18.2 Å². The summed E-state index contributed by atoms with van der Waals surface area (Å²) in [4.78, 5) is 16.1. The first-order valence-electron chi connectivity index (χ1n) is 7.18. The molecule has 122 valence electrons. The zero-order valence-corrected chi connectivity index (χ0v) is 14.8. The summed E-state index contributed by atoms with van der Waals surface area (Å²) in [6.45, 7) is 2.66. The number of rotatable bonds is 5. The lowest BCUT2D eigenvalue weighted by atomic mass is 10.2. The van der Waals surface area contributed by atoms with Gasteiger partial charge in [0.1, 0.15) is 6.10 Å². The van der Waals surface area contributed by atoms with Crippen LogP contribution in [0.2, 0.25) is 10.0 Å². The van der Waals surface area contributed by atoms with Crippen LogP contribution in [0.4, 0.5) is 5.69 Å². The summed E-state index contributed by atoms with van der Waals surface area (Å²) in [7, 11) is 0. The van der Waals surface area contributed by atoms with E-state index in [9.17, 15) is 9.90 Å². The van der Waals surface area contributed by atoms with Gasteiger partial charge < -0.3 is 14.9 Å². The number of carbonyl (C=O) groups excluding carboxylic acids is 1. The van der Waals surface area contributed by atoms with E-state index in [-0.39, 0.29) is 5.91 Å². The number of anilines is 1. The molecular formula is C15H20Cl2N2O2S. The second-order valence-electron chi connectivity index (χ2n) is 5.21. The fourth-order valence-electron chi connectivity index (χ4n) is 2.43. The monoisotopic (exact) mass is 362 g/mol. The van der Waals surface area contributed by atoms with E-state index in [0.29, 0.717) is 29.6 Å². The van der Waals surface area contributed by atoms with E-state index in [0.717, 1.165) is 24.5 Å². The van der Waals surface area contributed by atoms with Crippen LogP contribution in [-0.2, 0) is 4.79 Å². The Hall–Kier alpha value is -0.620. The highest BCUT2D eigenvalue weighted by atomic mass is 35.5. The predicted octanol–water partition coefficient (Wildman–Crippen LogP) is 2.76. The first kappa shape index (κ1) is 17.7. The van der Waals surface area contributed by atoms with Crippen molar-refractivity contribution in [2.45, 2.75) is 12.5 Å².